The SMILES string of the molecule is C=C(/C(N)=C/N(N)c1cc(C(=O)Nc2cc(C(C)(C)C)cc(NSC)c2OC)ccc1C)N(C)C(=N)C(C)(C)C.CC. The largest absolute Gasteiger partial charge is 0.492 e. The molecule has 0 saturated carbocycles. The van der Waals surface area contributed by atoms with Gasteiger partial charge < -0.3 is 25.4 Å². The Morgan fingerprint density at radius 2 is 1.67 bits per heavy atom. The molecule has 0 unspecified atom stereocenters. The van der Waals surface area contributed by atoms with Crippen molar-refractivity contribution < 1.29 is 9.53 Å². The Morgan fingerprint density at radius 1 is 1.10 bits per heavy atom. The molecular formula is C32H51N7O2S. The topological polar surface area (TPSA) is 133 Å². The van der Waals surface area contributed by atoms with Gasteiger partial charge in [-0.2, -0.15) is 0 Å². The maximum absolute atomic E-state index is 13.5. The van der Waals surface area contributed by atoms with Crippen LogP contribution in [0, 0.1) is 17.7 Å². The molecule has 0 aromatic heterocycles. The third-order valence-corrected chi connectivity index (χ3v) is 6.85. The molecule has 9 nitrogen and oxygen atoms in total. The fourth-order valence-electron chi connectivity index (χ4n) is 3.91. The van der Waals surface area contributed by atoms with Crippen LogP contribution in [-0.2, 0) is 5.41 Å². The van der Waals surface area contributed by atoms with Crippen molar-refractivity contribution in [2.45, 2.75) is 67.7 Å². The van der Waals surface area contributed by atoms with E-state index >= 15 is 0 Å². The van der Waals surface area contributed by atoms with Crippen LogP contribution in [-0.4, -0.2) is 37.1 Å². The minimum Gasteiger partial charge on any atom is -0.492 e. The van der Waals surface area contributed by atoms with E-state index in [1.807, 2.05) is 66.0 Å². The lowest BCUT2D eigenvalue weighted by Crippen LogP contribution is -2.37. The summed E-state index contributed by atoms with van der Waals surface area (Å²) in [5.74, 6) is 6.99. The zero-order valence-corrected chi connectivity index (χ0v) is 28.3. The molecule has 2 rings (SSSR count). The number of nitrogens with one attached hydrogen (secondary N) is 3. The van der Waals surface area contributed by atoms with Crippen LogP contribution < -0.4 is 31.4 Å². The molecule has 0 radical (unpaired) electrons. The summed E-state index contributed by atoms with van der Waals surface area (Å²) < 4.78 is 8.92. The highest BCUT2D eigenvalue weighted by Gasteiger charge is 2.24. The van der Waals surface area contributed by atoms with Crippen molar-refractivity contribution in [3.8, 4) is 5.75 Å². The summed E-state index contributed by atoms with van der Waals surface area (Å²) in [6.45, 7) is 22.1. The Labute approximate surface area is 257 Å². The van der Waals surface area contributed by atoms with Gasteiger partial charge in [-0.3, -0.25) is 15.2 Å². The number of hydrogen-bond acceptors (Lipinski definition) is 8. The quantitative estimate of drug-likeness (QED) is 0.0511. The molecule has 7 N–H and O–H groups in total. The summed E-state index contributed by atoms with van der Waals surface area (Å²) >= 11 is 1.45. The number of ether oxygens (including phenoxy) is 1. The Bertz CT molecular complexity index is 1310. The predicted molar refractivity (Wildman–Crippen MR) is 182 cm³/mol. The van der Waals surface area contributed by atoms with Crippen molar-refractivity contribution in [1.29, 1.82) is 5.41 Å². The van der Waals surface area contributed by atoms with Gasteiger partial charge in [0.05, 0.1) is 35.6 Å². The molecule has 42 heavy (non-hydrogen) atoms. The van der Waals surface area contributed by atoms with E-state index in [2.05, 4.69) is 37.4 Å². The molecule has 0 spiro atoms. The van der Waals surface area contributed by atoms with Crippen LogP contribution in [0.15, 0.2) is 54.5 Å². The van der Waals surface area contributed by atoms with E-state index in [1.54, 1.807) is 31.2 Å². The van der Waals surface area contributed by atoms with Gasteiger partial charge in [-0.05, 0) is 47.7 Å². The maximum Gasteiger partial charge on any atom is 0.255 e. The third-order valence-electron chi connectivity index (χ3n) is 6.43. The number of carbonyl (C=O) groups is 1. The summed E-state index contributed by atoms with van der Waals surface area (Å²) in [5.41, 5.74) is 10.8. The lowest BCUT2D eigenvalue weighted by Gasteiger charge is -2.31. The Balaban J connectivity index is 0.00000431. The molecule has 10 heteroatoms. The number of methoxy groups -OCH3 is 1. The maximum atomic E-state index is 13.5. The van der Waals surface area contributed by atoms with Crippen molar-refractivity contribution in [2.24, 2.45) is 17.0 Å². The third kappa shape index (κ3) is 9.19. The smallest absolute Gasteiger partial charge is 0.255 e. The minimum absolute atomic E-state index is 0.145. The molecular weight excluding hydrogens is 546 g/mol. The van der Waals surface area contributed by atoms with Crippen LogP contribution in [0.4, 0.5) is 17.1 Å². The molecule has 0 atom stereocenters. The second-order valence-electron chi connectivity index (χ2n) is 11.7. The number of amides is 1. The van der Waals surface area contributed by atoms with Gasteiger partial charge in [0.25, 0.3) is 5.91 Å². The van der Waals surface area contributed by atoms with Crippen LogP contribution in [0.1, 0.15) is 76.9 Å². The lowest BCUT2D eigenvalue weighted by atomic mass is 9.86. The zero-order valence-electron chi connectivity index (χ0n) is 27.4. The highest BCUT2D eigenvalue weighted by molar-refractivity contribution is 7.99. The van der Waals surface area contributed by atoms with Gasteiger partial charge >= 0.3 is 0 Å². The molecule has 2 aromatic rings. The molecule has 1 amide bonds. The molecule has 0 saturated heterocycles. The monoisotopic (exact) mass is 597 g/mol. The fraction of sp³-hybridized carbons (Fsp3) is 0.438. The first kappa shape index (κ1) is 36.4. The van der Waals surface area contributed by atoms with E-state index in [-0.39, 0.29) is 16.7 Å². The number of likely N-dealkylation sites (N-methyl/N-ethyl adjacent to an activating group) is 1. The van der Waals surface area contributed by atoms with E-state index in [4.69, 9.17) is 21.7 Å². The number of nitrogens with two attached hydrogens (primary N) is 2. The highest BCUT2D eigenvalue weighted by Crippen LogP contribution is 2.39. The molecule has 0 bridgehead atoms. The van der Waals surface area contributed by atoms with Gasteiger partial charge in [0.1, 0.15) is 5.84 Å². The summed E-state index contributed by atoms with van der Waals surface area (Å²) in [5, 5.41) is 12.8. The standard InChI is InChI=1S/C30H45N7O2S.C2H6/c1-18-12-13-20(14-25(18)37(33)17-22(31)19(2)36(9)28(32)30(6,7)8)27(38)34-23-15-21(29(3,4)5)16-24(35-40-11)26(23)39-10;1-2/h12-17,32,35H,2,31,33H2,1,3-11H3,(H,34,38);1-2H3/b22-17-,32-28?;. The average Bonchev–Trinajstić information content (AvgIpc) is 2.91. The highest BCUT2D eigenvalue weighted by atomic mass is 32.2. The number of benzene rings is 2. The number of rotatable bonds is 9. The van der Waals surface area contributed by atoms with Gasteiger partial charge in [0, 0.05) is 30.5 Å². The van der Waals surface area contributed by atoms with Crippen molar-refractivity contribution >= 4 is 40.8 Å². The number of aryl methyl sites for hydroxylation is 1. The van der Waals surface area contributed by atoms with Crippen LogP contribution >= 0.6 is 11.9 Å². The first-order valence-corrected chi connectivity index (χ1v) is 15.1. The van der Waals surface area contributed by atoms with Crippen molar-refractivity contribution in [1.82, 2.24) is 4.90 Å². The number of amidine groups is 1. The number of hydrazine groups is 1. The van der Waals surface area contributed by atoms with Crippen LogP contribution in [0.3, 0.4) is 0 Å². The van der Waals surface area contributed by atoms with Crippen LogP contribution in [0.2, 0.25) is 0 Å². The van der Waals surface area contributed by atoms with Gasteiger partial charge in [0.2, 0.25) is 0 Å². The van der Waals surface area contributed by atoms with E-state index in [0.29, 0.717) is 39.9 Å². The van der Waals surface area contributed by atoms with E-state index in [0.717, 1.165) is 16.8 Å². The van der Waals surface area contributed by atoms with Gasteiger partial charge in [-0.1, -0.05) is 80.0 Å². The lowest BCUT2D eigenvalue weighted by molar-refractivity contribution is 0.102. The number of nitrogens with zero attached hydrogens (tertiary/aromatic N) is 2. The Kier molecular flexibility index (Phi) is 13.0. The first-order valence-electron chi connectivity index (χ1n) is 13.9. The number of anilines is 3. The van der Waals surface area contributed by atoms with Crippen molar-refractivity contribution in [3.05, 3.63) is 71.2 Å². The number of carbonyl (C=O) groups excluding carboxylic acids is 1. The number of hydrogen-bond donors (Lipinski definition) is 5. The summed E-state index contributed by atoms with van der Waals surface area (Å²) in [4.78, 5) is 15.1. The van der Waals surface area contributed by atoms with Crippen LogP contribution in [0.25, 0.3) is 0 Å². The van der Waals surface area contributed by atoms with E-state index < -0.39 is 0 Å². The average molecular weight is 598 g/mol. The molecule has 0 aliphatic heterocycles. The van der Waals surface area contributed by atoms with Gasteiger partial charge in [-0.15, -0.1) is 0 Å². The molecule has 0 aliphatic rings. The normalized spacial score (nSPS) is 11.6. The van der Waals surface area contributed by atoms with Crippen molar-refractivity contribution in [3.63, 3.8) is 0 Å². The van der Waals surface area contributed by atoms with Crippen molar-refractivity contribution in [2.75, 3.05) is 35.5 Å². The molecule has 232 valence electrons. The minimum atomic E-state index is -0.375. The molecule has 0 fully saturated rings. The summed E-state index contributed by atoms with van der Waals surface area (Å²) in [7, 11) is 3.32. The van der Waals surface area contributed by atoms with Gasteiger partial charge in [-0.25, -0.2) is 5.84 Å². The van der Waals surface area contributed by atoms with Crippen LogP contribution in [0.5, 0.6) is 5.75 Å². The van der Waals surface area contributed by atoms with E-state index in [1.165, 1.54) is 23.2 Å². The fourth-order valence-corrected chi connectivity index (χ4v) is 4.28. The second-order valence-corrected chi connectivity index (χ2v) is 12.3. The summed E-state index contributed by atoms with van der Waals surface area (Å²) in [6.07, 6.45) is 3.46. The molecule has 0 aliphatic carbocycles. The molecule has 2 aromatic carbocycles. The second kappa shape index (κ2) is 15.0. The first-order chi connectivity index (χ1) is 19.4. The summed E-state index contributed by atoms with van der Waals surface area (Å²) in [6, 6.07) is 9.25. The zero-order chi connectivity index (χ0) is 32.6. The predicted octanol–water partition coefficient (Wildman–Crippen LogP) is 7.22. The Hall–Kier alpha value is -3.63. The Morgan fingerprint density at radius 3 is 2.17 bits per heavy atom. The van der Waals surface area contributed by atoms with E-state index in [9.17, 15) is 4.79 Å². The van der Waals surface area contributed by atoms with Gasteiger partial charge in [0.15, 0.2) is 5.75 Å². The molecule has 0 heterocycles.